The largest absolute Gasteiger partial charge is 0.477 e. The van der Waals surface area contributed by atoms with Crippen molar-refractivity contribution in [1.82, 2.24) is 4.90 Å². The Bertz CT molecular complexity index is 1000. The SMILES string of the molecule is CC(C)C1=C(C(=O)O)SC2=NC(C)(Cc3ccccc3)C(c3ccc(Cl)cc3)N21. The molecule has 1 N–H and O–H groups in total. The van der Waals surface area contributed by atoms with Crippen molar-refractivity contribution in [1.29, 1.82) is 0 Å². The van der Waals surface area contributed by atoms with E-state index in [2.05, 4.69) is 24.0 Å². The minimum absolute atomic E-state index is 0.0650. The van der Waals surface area contributed by atoms with Gasteiger partial charge in [0.1, 0.15) is 4.91 Å². The van der Waals surface area contributed by atoms with Gasteiger partial charge in [-0.25, -0.2) is 4.79 Å². The van der Waals surface area contributed by atoms with Gasteiger partial charge in [-0.05, 0) is 54.3 Å². The number of aliphatic imine (C=N–C) groups is 1. The fourth-order valence-electron chi connectivity index (χ4n) is 4.28. The summed E-state index contributed by atoms with van der Waals surface area (Å²) in [6, 6.07) is 18.0. The number of halogens is 1. The number of thioether (sulfide) groups is 1. The highest BCUT2D eigenvalue weighted by Crippen LogP contribution is 2.53. The predicted molar refractivity (Wildman–Crippen MR) is 119 cm³/mol. The van der Waals surface area contributed by atoms with Crippen molar-refractivity contribution in [2.45, 2.75) is 38.8 Å². The molecule has 150 valence electrons. The van der Waals surface area contributed by atoms with Crippen molar-refractivity contribution >= 4 is 34.5 Å². The number of fused-ring (bicyclic) bond motifs is 1. The van der Waals surface area contributed by atoms with Crippen LogP contribution in [0.1, 0.15) is 37.9 Å². The first kappa shape index (κ1) is 20.0. The lowest BCUT2D eigenvalue weighted by Crippen LogP contribution is -2.39. The summed E-state index contributed by atoms with van der Waals surface area (Å²) in [4.78, 5) is 19.5. The van der Waals surface area contributed by atoms with Crippen LogP contribution in [0, 0.1) is 5.92 Å². The summed E-state index contributed by atoms with van der Waals surface area (Å²) in [5, 5.41) is 11.2. The number of benzene rings is 2. The van der Waals surface area contributed by atoms with E-state index in [4.69, 9.17) is 16.6 Å². The molecule has 2 aliphatic heterocycles. The highest BCUT2D eigenvalue weighted by atomic mass is 35.5. The lowest BCUT2D eigenvalue weighted by molar-refractivity contribution is -0.131. The van der Waals surface area contributed by atoms with E-state index in [0.29, 0.717) is 9.93 Å². The van der Waals surface area contributed by atoms with E-state index in [0.717, 1.165) is 22.8 Å². The molecule has 0 saturated heterocycles. The highest BCUT2D eigenvalue weighted by Gasteiger charge is 2.52. The first-order valence-corrected chi connectivity index (χ1v) is 10.8. The summed E-state index contributed by atoms with van der Waals surface area (Å²) in [6.45, 7) is 6.23. The molecule has 0 amide bonds. The molecule has 0 fully saturated rings. The number of carboxylic acid groups (broad SMARTS) is 1. The predicted octanol–water partition coefficient (Wildman–Crippen LogP) is 5.75. The normalized spacial score (nSPS) is 23.6. The monoisotopic (exact) mass is 426 g/mol. The zero-order valence-electron chi connectivity index (χ0n) is 16.6. The molecule has 4 nitrogen and oxygen atoms in total. The second kappa shape index (κ2) is 7.54. The number of rotatable bonds is 5. The number of carboxylic acids is 1. The fourth-order valence-corrected chi connectivity index (χ4v) is 5.67. The molecule has 0 bridgehead atoms. The Kier molecular flexibility index (Phi) is 5.21. The van der Waals surface area contributed by atoms with Gasteiger partial charge < -0.3 is 10.0 Å². The lowest BCUT2D eigenvalue weighted by Gasteiger charge is -2.36. The minimum atomic E-state index is -0.893. The van der Waals surface area contributed by atoms with Crippen LogP contribution in [0.5, 0.6) is 0 Å². The van der Waals surface area contributed by atoms with Crippen LogP contribution in [0.4, 0.5) is 0 Å². The maximum Gasteiger partial charge on any atom is 0.344 e. The van der Waals surface area contributed by atoms with Crippen molar-refractivity contribution in [2.24, 2.45) is 10.9 Å². The van der Waals surface area contributed by atoms with Gasteiger partial charge in [0, 0.05) is 10.7 Å². The summed E-state index contributed by atoms with van der Waals surface area (Å²) < 4.78 is 0. The van der Waals surface area contributed by atoms with Crippen LogP contribution in [0.25, 0.3) is 0 Å². The number of nitrogens with zero attached hydrogens (tertiary/aromatic N) is 2. The van der Waals surface area contributed by atoms with Crippen LogP contribution in [-0.4, -0.2) is 26.7 Å². The molecule has 2 aromatic carbocycles. The van der Waals surface area contributed by atoms with Gasteiger partial charge in [0.05, 0.1) is 11.6 Å². The van der Waals surface area contributed by atoms with Gasteiger partial charge in [-0.3, -0.25) is 4.99 Å². The summed E-state index contributed by atoms with van der Waals surface area (Å²) >= 11 is 7.41. The molecular formula is C23H23ClN2O2S. The van der Waals surface area contributed by atoms with E-state index in [1.165, 1.54) is 17.3 Å². The molecule has 6 heteroatoms. The maximum atomic E-state index is 11.9. The molecule has 0 aromatic heterocycles. The molecule has 0 saturated carbocycles. The molecule has 0 spiro atoms. The van der Waals surface area contributed by atoms with Gasteiger partial charge >= 0.3 is 5.97 Å². The molecule has 29 heavy (non-hydrogen) atoms. The third-order valence-electron chi connectivity index (χ3n) is 5.42. The Hall–Kier alpha value is -2.24. The van der Waals surface area contributed by atoms with Crippen LogP contribution in [-0.2, 0) is 11.2 Å². The lowest BCUT2D eigenvalue weighted by atomic mass is 9.82. The number of carbonyl (C=O) groups is 1. The molecule has 2 unspecified atom stereocenters. The van der Waals surface area contributed by atoms with E-state index < -0.39 is 11.5 Å². The van der Waals surface area contributed by atoms with Gasteiger partial charge in [0.15, 0.2) is 5.17 Å². The van der Waals surface area contributed by atoms with Crippen molar-refractivity contribution in [3.63, 3.8) is 0 Å². The second-order valence-electron chi connectivity index (χ2n) is 8.01. The van der Waals surface area contributed by atoms with Crippen molar-refractivity contribution in [3.05, 3.63) is 81.3 Å². The van der Waals surface area contributed by atoms with E-state index in [-0.39, 0.29) is 12.0 Å². The molecule has 2 aliphatic rings. The Balaban J connectivity index is 1.84. The molecule has 0 radical (unpaired) electrons. The van der Waals surface area contributed by atoms with Crippen molar-refractivity contribution in [3.8, 4) is 0 Å². The second-order valence-corrected chi connectivity index (χ2v) is 9.43. The summed E-state index contributed by atoms with van der Waals surface area (Å²) in [5.41, 5.74) is 2.69. The fraction of sp³-hybridized carbons (Fsp3) is 0.304. The van der Waals surface area contributed by atoms with Crippen molar-refractivity contribution < 1.29 is 9.90 Å². The average Bonchev–Trinajstić information content (AvgIpc) is 3.15. The number of amidine groups is 1. The van der Waals surface area contributed by atoms with Gasteiger partial charge in [-0.15, -0.1) is 0 Å². The number of allylic oxidation sites excluding steroid dienone is 1. The van der Waals surface area contributed by atoms with Crippen LogP contribution in [0.2, 0.25) is 5.02 Å². The van der Waals surface area contributed by atoms with Crippen LogP contribution < -0.4 is 0 Å². The molecule has 4 rings (SSSR count). The molecule has 2 heterocycles. The zero-order chi connectivity index (χ0) is 20.8. The number of hydrogen-bond donors (Lipinski definition) is 1. The number of aliphatic carboxylic acids is 1. The Morgan fingerprint density at radius 2 is 1.86 bits per heavy atom. The first-order valence-electron chi connectivity index (χ1n) is 9.64. The van der Waals surface area contributed by atoms with E-state index in [1.807, 2.05) is 56.3 Å². The van der Waals surface area contributed by atoms with E-state index in [9.17, 15) is 9.90 Å². The van der Waals surface area contributed by atoms with Crippen molar-refractivity contribution in [2.75, 3.05) is 0 Å². The van der Waals surface area contributed by atoms with E-state index in [1.54, 1.807) is 0 Å². The Labute approximate surface area is 180 Å². The quantitative estimate of drug-likeness (QED) is 0.661. The molecular weight excluding hydrogens is 404 g/mol. The summed E-state index contributed by atoms with van der Waals surface area (Å²) in [7, 11) is 0. The van der Waals surface area contributed by atoms with Gasteiger partial charge in [-0.2, -0.15) is 0 Å². The van der Waals surface area contributed by atoms with Gasteiger partial charge in [0.2, 0.25) is 0 Å². The average molecular weight is 427 g/mol. The van der Waals surface area contributed by atoms with Crippen LogP contribution in [0.3, 0.4) is 0 Å². The van der Waals surface area contributed by atoms with Crippen LogP contribution >= 0.6 is 23.4 Å². The number of hydrogen-bond acceptors (Lipinski definition) is 4. The third kappa shape index (κ3) is 3.58. The Morgan fingerprint density at radius 1 is 1.21 bits per heavy atom. The zero-order valence-corrected chi connectivity index (χ0v) is 18.2. The molecule has 2 atom stereocenters. The highest BCUT2D eigenvalue weighted by molar-refractivity contribution is 8.18. The Morgan fingerprint density at radius 3 is 2.45 bits per heavy atom. The van der Waals surface area contributed by atoms with E-state index >= 15 is 0 Å². The topological polar surface area (TPSA) is 52.9 Å². The van der Waals surface area contributed by atoms with Crippen LogP contribution in [0.15, 0.2) is 70.2 Å². The summed E-state index contributed by atoms with van der Waals surface area (Å²) in [5.74, 6) is -0.828. The third-order valence-corrected chi connectivity index (χ3v) is 6.73. The molecule has 2 aromatic rings. The standard InChI is InChI=1S/C23H23ClN2O2S/c1-14(2)18-19(21(27)28)29-22-25-23(3,13-15-7-5-4-6-8-15)20(26(18)22)16-9-11-17(24)12-10-16/h4-12,14,20H,13H2,1-3H3,(H,27,28). The minimum Gasteiger partial charge on any atom is -0.477 e. The molecule has 0 aliphatic carbocycles. The summed E-state index contributed by atoms with van der Waals surface area (Å²) in [6.07, 6.45) is 0.759. The van der Waals surface area contributed by atoms with Gasteiger partial charge in [0.25, 0.3) is 0 Å². The maximum absolute atomic E-state index is 11.9. The first-order chi connectivity index (χ1) is 13.8. The smallest absolute Gasteiger partial charge is 0.344 e. The van der Waals surface area contributed by atoms with Gasteiger partial charge in [-0.1, -0.05) is 67.9 Å².